The molecule has 0 unspecified atom stereocenters. The standard InChI is InChI=1S/C12H10BrIN2O/c1-8-11(14)12(17)16(7-15-8)6-9-2-4-10(13)5-3-9/h2-5,7H,6H2,1H3. The fraction of sp³-hybridized carbons (Fsp3) is 0.167. The number of hydrogen-bond acceptors (Lipinski definition) is 2. The molecule has 0 N–H and O–H groups in total. The Morgan fingerprint density at radius 2 is 2.00 bits per heavy atom. The van der Waals surface area contributed by atoms with E-state index in [9.17, 15) is 4.79 Å². The summed E-state index contributed by atoms with van der Waals surface area (Å²) in [6, 6.07) is 7.91. The molecule has 3 nitrogen and oxygen atoms in total. The number of halogens is 2. The van der Waals surface area contributed by atoms with Crippen molar-refractivity contribution in [3.05, 3.63) is 60.2 Å². The molecule has 0 fully saturated rings. The summed E-state index contributed by atoms with van der Waals surface area (Å²) < 4.78 is 3.34. The minimum Gasteiger partial charge on any atom is -0.294 e. The maximum absolute atomic E-state index is 12.0. The second kappa shape index (κ2) is 5.30. The van der Waals surface area contributed by atoms with E-state index in [0.717, 1.165) is 15.7 Å². The molecule has 0 atom stereocenters. The Bertz CT molecular complexity index is 592. The molecule has 0 aliphatic rings. The molecule has 2 aromatic rings. The van der Waals surface area contributed by atoms with Gasteiger partial charge in [0.1, 0.15) is 0 Å². The Labute approximate surface area is 121 Å². The Balaban J connectivity index is 2.34. The summed E-state index contributed by atoms with van der Waals surface area (Å²) >= 11 is 5.42. The zero-order valence-corrected chi connectivity index (χ0v) is 12.9. The Morgan fingerprint density at radius 1 is 1.35 bits per heavy atom. The minimum atomic E-state index is 0.0148. The molecule has 0 amide bonds. The summed E-state index contributed by atoms with van der Waals surface area (Å²) in [6.07, 6.45) is 1.60. The van der Waals surface area contributed by atoms with Gasteiger partial charge in [-0.3, -0.25) is 9.36 Å². The highest BCUT2D eigenvalue weighted by Gasteiger charge is 2.05. The van der Waals surface area contributed by atoms with E-state index < -0.39 is 0 Å². The second-order valence-corrected chi connectivity index (χ2v) is 5.70. The van der Waals surface area contributed by atoms with Crippen LogP contribution in [0.15, 0.2) is 39.9 Å². The lowest BCUT2D eigenvalue weighted by molar-refractivity contribution is 0.723. The average molecular weight is 405 g/mol. The molecule has 0 spiro atoms. The lowest BCUT2D eigenvalue weighted by Gasteiger charge is -2.07. The third-order valence-electron chi connectivity index (χ3n) is 2.42. The van der Waals surface area contributed by atoms with E-state index in [1.54, 1.807) is 10.9 Å². The summed E-state index contributed by atoms with van der Waals surface area (Å²) in [5.74, 6) is 0. The van der Waals surface area contributed by atoms with Crippen molar-refractivity contribution in [3.8, 4) is 0 Å². The Kier molecular flexibility index (Phi) is 3.98. The maximum atomic E-state index is 12.0. The topological polar surface area (TPSA) is 34.9 Å². The van der Waals surface area contributed by atoms with Crippen molar-refractivity contribution in [2.24, 2.45) is 0 Å². The quantitative estimate of drug-likeness (QED) is 0.721. The largest absolute Gasteiger partial charge is 0.294 e. The van der Waals surface area contributed by atoms with Gasteiger partial charge in [0.05, 0.1) is 22.1 Å². The van der Waals surface area contributed by atoms with Crippen LogP contribution in [0.25, 0.3) is 0 Å². The lowest BCUT2D eigenvalue weighted by atomic mass is 10.2. The molecule has 88 valence electrons. The Morgan fingerprint density at radius 3 is 2.65 bits per heavy atom. The van der Waals surface area contributed by atoms with Crippen molar-refractivity contribution >= 4 is 38.5 Å². The van der Waals surface area contributed by atoms with Gasteiger partial charge in [0, 0.05) is 4.47 Å². The summed E-state index contributed by atoms with van der Waals surface area (Å²) in [6.45, 7) is 2.39. The smallest absolute Gasteiger partial charge is 0.267 e. The molecule has 17 heavy (non-hydrogen) atoms. The van der Waals surface area contributed by atoms with Gasteiger partial charge < -0.3 is 0 Å². The van der Waals surface area contributed by atoms with Crippen LogP contribution in [-0.4, -0.2) is 9.55 Å². The number of rotatable bonds is 2. The molecular formula is C12H10BrIN2O. The van der Waals surface area contributed by atoms with Crippen molar-refractivity contribution in [2.45, 2.75) is 13.5 Å². The second-order valence-electron chi connectivity index (χ2n) is 3.70. The van der Waals surface area contributed by atoms with Crippen LogP contribution in [0, 0.1) is 10.5 Å². The van der Waals surface area contributed by atoms with Crippen LogP contribution in [0.4, 0.5) is 0 Å². The third-order valence-corrected chi connectivity index (χ3v) is 4.19. The van der Waals surface area contributed by atoms with Gasteiger partial charge in [-0.15, -0.1) is 0 Å². The van der Waals surface area contributed by atoms with Crippen LogP contribution in [-0.2, 0) is 6.54 Å². The number of benzene rings is 1. The van der Waals surface area contributed by atoms with Crippen LogP contribution in [0.2, 0.25) is 0 Å². The van der Waals surface area contributed by atoms with Gasteiger partial charge in [-0.2, -0.15) is 0 Å². The zero-order chi connectivity index (χ0) is 12.4. The predicted octanol–water partition coefficient (Wildman–Crippen LogP) is 2.97. The molecule has 5 heteroatoms. The van der Waals surface area contributed by atoms with Crippen LogP contribution >= 0.6 is 38.5 Å². The van der Waals surface area contributed by atoms with Gasteiger partial charge in [-0.05, 0) is 47.2 Å². The van der Waals surface area contributed by atoms with Crippen molar-refractivity contribution in [1.29, 1.82) is 0 Å². The maximum Gasteiger partial charge on any atom is 0.267 e. The van der Waals surface area contributed by atoms with Gasteiger partial charge >= 0.3 is 0 Å². The van der Waals surface area contributed by atoms with E-state index in [1.165, 1.54) is 0 Å². The molecule has 0 aliphatic carbocycles. The molecule has 0 radical (unpaired) electrons. The first kappa shape index (κ1) is 12.8. The lowest BCUT2D eigenvalue weighted by Crippen LogP contribution is -2.24. The SMILES string of the molecule is Cc1ncn(Cc2ccc(Br)cc2)c(=O)c1I. The van der Waals surface area contributed by atoms with Crippen molar-refractivity contribution in [1.82, 2.24) is 9.55 Å². The number of nitrogens with zero attached hydrogens (tertiary/aromatic N) is 2. The molecule has 0 saturated carbocycles. The first-order chi connectivity index (χ1) is 8.08. The van der Waals surface area contributed by atoms with E-state index in [2.05, 4.69) is 20.9 Å². The van der Waals surface area contributed by atoms with Gasteiger partial charge in [0.2, 0.25) is 0 Å². The molecule has 0 saturated heterocycles. The van der Waals surface area contributed by atoms with E-state index in [4.69, 9.17) is 0 Å². The predicted molar refractivity (Wildman–Crippen MR) is 79.2 cm³/mol. The van der Waals surface area contributed by atoms with Gasteiger partial charge in [-0.1, -0.05) is 28.1 Å². The van der Waals surface area contributed by atoms with E-state index in [1.807, 2.05) is 53.8 Å². The first-order valence-electron chi connectivity index (χ1n) is 5.04. The number of aromatic nitrogens is 2. The fourth-order valence-corrected chi connectivity index (χ4v) is 2.16. The summed E-state index contributed by atoms with van der Waals surface area (Å²) in [5, 5.41) is 0. The number of aryl methyl sites for hydroxylation is 1. The van der Waals surface area contributed by atoms with E-state index in [-0.39, 0.29) is 5.56 Å². The van der Waals surface area contributed by atoms with Crippen molar-refractivity contribution < 1.29 is 0 Å². The van der Waals surface area contributed by atoms with Crippen LogP contribution in [0.3, 0.4) is 0 Å². The normalized spacial score (nSPS) is 10.5. The zero-order valence-electron chi connectivity index (χ0n) is 9.15. The molecule has 0 bridgehead atoms. The summed E-state index contributed by atoms with van der Waals surface area (Å²) in [7, 11) is 0. The van der Waals surface area contributed by atoms with Crippen molar-refractivity contribution in [2.75, 3.05) is 0 Å². The summed E-state index contributed by atoms with van der Waals surface area (Å²) in [4.78, 5) is 16.2. The first-order valence-corrected chi connectivity index (χ1v) is 6.91. The highest BCUT2D eigenvalue weighted by Crippen LogP contribution is 2.11. The van der Waals surface area contributed by atoms with Gasteiger partial charge in [0.25, 0.3) is 5.56 Å². The fourth-order valence-electron chi connectivity index (χ4n) is 1.45. The molecule has 1 aromatic heterocycles. The third kappa shape index (κ3) is 2.95. The highest BCUT2D eigenvalue weighted by molar-refractivity contribution is 14.1. The molecule has 2 rings (SSSR count). The van der Waals surface area contributed by atoms with Crippen molar-refractivity contribution in [3.63, 3.8) is 0 Å². The molecule has 0 aliphatic heterocycles. The summed E-state index contributed by atoms with van der Waals surface area (Å²) in [5.41, 5.74) is 1.88. The minimum absolute atomic E-state index is 0.0148. The van der Waals surface area contributed by atoms with Crippen LogP contribution in [0.1, 0.15) is 11.3 Å². The molecular weight excluding hydrogens is 395 g/mol. The van der Waals surface area contributed by atoms with Gasteiger partial charge in [0.15, 0.2) is 0 Å². The number of hydrogen-bond donors (Lipinski definition) is 0. The van der Waals surface area contributed by atoms with Gasteiger partial charge in [-0.25, -0.2) is 4.98 Å². The molecule has 1 heterocycles. The van der Waals surface area contributed by atoms with E-state index in [0.29, 0.717) is 10.1 Å². The Hall–Kier alpha value is -0.690. The highest BCUT2D eigenvalue weighted by atomic mass is 127. The van der Waals surface area contributed by atoms with Crippen LogP contribution in [0.5, 0.6) is 0 Å². The average Bonchev–Trinajstić information content (AvgIpc) is 2.33. The van der Waals surface area contributed by atoms with E-state index >= 15 is 0 Å². The monoisotopic (exact) mass is 404 g/mol. The molecule has 1 aromatic carbocycles. The van der Waals surface area contributed by atoms with Crippen LogP contribution < -0.4 is 5.56 Å².